The van der Waals surface area contributed by atoms with Crippen LogP contribution in [0.25, 0.3) is 10.9 Å². The van der Waals surface area contributed by atoms with E-state index in [4.69, 9.17) is 5.73 Å². The van der Waals surface area contributed by atoms with Gasteiger partial charge in [-0.05, 0) is 63.6 Å². The van der Waals surface area contributed by atoms with Crippen LogP contribution in [0.4, 0.5) is 0 Å². The number of likely N-dealkylation sites (tertiary alicyclic amines) is 2. The standard InChI is InChI=1S/C49H65N11O14/c1-25(42(67)55-35(22-39(64)65)45(70)54-33(41(50)66)20-29-12-6-5-7-13-29)53-48(73)40(27(3)62)58-43(68)26(2)52-44(69)34(21-30-23-51-32-15-9-8-14-31(30)32)56-47(72)38-17-11-19-60(38)49(74)36(24-61)57-46(71)37-16-10-18-59(37)28(4)63/h5-9,12-15,23,25-27,33-38,40,51,61-62H,10-11,16-22,24H2,1-4H3,(H2,50,66)(H,52,69)(H,53,73)(H,54,70)(H,55,67)(H,56,72)(H,57,71)(H,58,68)(H,64,65)/t25-,26-,27+,33-,34-,35-,36-,37-,38-,40-/m0/s1. The molecule has 2 aliphatic rings. The third kappa shape index (κ3) is 15.1. The molecule has 25 heteroatoms. The number of aliphatic hydroxyl groups is 2. The quantitative estimate of drug-likeness (QED) is 0.0419. The highest BCUT2D eigenvalue weighted by Gasteiger charge is 2.41. The lowest BCUT2D eigenvalue weighted by atomic mass is 10.0. The summed E-state index contributed by atoms with van der Waals surface area (Å²) in [5.74, 6) is -9.90. The van der Waals surface area contributed by atoms with E-state index in [9.17, 15) is 68.1 Å². The van der Waals surface area contributed by atoms with Crippen molar-refractivity contribution in [2.24, 2.45) is 5.73 Å². The van der Waals surface area contributed by atoms with Crippen LogP contribution >= 0.6 is 0 Å². The normalized spacial score (nSPS) is 18.5. The Bertz CT molecular complexity index is 2570. The molecule has 10 amide bonds. The maximum absolute atomic E-state index is 14.1. The highest BCUT2D eigenvalue weighted by Crippen LogP contribution is 2.23. The Labute approximate surface area is 425 Å². The maximum atomic E-state index is 14.1. The SMILES string of the molecule is CC(=O)N1CCC[C@H]1C(=O)N[C@@H](CO)C(=O)N1CCC[C@H]1C(=O)N[C@@H](Cc1c[nH]c2ccccc12)C(=O)N[C@@H](C)C(=O)N[C@H](C(=O)N[C@@H](C)C(=O)N[C@@H](CC(=O)O)C(=O)N[C@@H](Cc1ccccc1)C(N)=O)[C@@H](C)O. The Hall–Kier alpha value is -7.93. The monoisotopic (exact) mass is 1030 g/mol. The third-order valence-electron chi connectivity index (χ3n) is 12.8. The van der Waals surface area contributed by atoms with Crippen molar-refractivity contribution < 1.29 is 68.1 Å². The van der Waals surface area contributed by atoms with Crippen molar-refractivity contribution >= 4 is 75.9 Å². The first-order valence-corrected chi connectivity index (χ1v) is 24.2. The van der Waals surface area contributed by atoms with Crippen LogP contribution in [0.1, 0.15) is 70.9 Å². The maximum Gasteiger partial charge on any atom is 0.305 e. The van der Waals surface area contributed by atoms with E-state index in [0.29, 0.717) is 36.9 Å². The number of para-hydroxylation sites is 1. The van der Waals surface area contributed by atoms with Gasteiger partial charge in [0, 0.05) is 50.0 Å². The molecule has 1 aromatic heterocycles. The zero-order chi connectivity index (χ0) is 54.4. The Balaban J connectivity index is 1.23. The van der Waals surface area contributed by atoms with Crippen LogP contribution in [-0.2, 0) is 65.6 Å². The van der Waals surface area contributed by atoms with E-state index in [1.807, 2.05) is 0 Å². The molecule has 0 bridgehead atoms. The van der Waals surface area contributed by atoms with E-state index in [1.54, 1.807) is 60.8 Å². The van der Waals surface area contributed by atoms with Gasteiger partial charge in [0.1, 0.15) is 54.4 Å². The van der Waals surface area contributed by atoms with Gasteiger partial charge >= 0.3 is 5.97 Å². The van der Waals surface area contributed by atoms with Crippen LogP contribution in [-0.4, -0.2) is 175 Å². The van der Waals surface area contributed by atoms with Crippen molar-refractivity contribution in [3.8, 4) is 0 Å². The zero-order valence-corrected chi connectivity index (χ0v) is 41.4. The smallest absolute Gasteiger partial charge is 0.305 e. The fraction of sp³-hybridized carbons (Fsp3) is 0.490. The number of aromatic nitrogens is 1. The number of rotatable bonds is 24. The predicted molar refractivity (Wildman–Crippen MR) is 262 cm³/mol. The van der Waals surface area contributed by atoms with Crippen LogP contribution in [0.15, 0.2) is 60.8 Å². The van der Waals surface area contributed by atoms with Gasteiger partial charge in [-0.25, -0.2) is 0 Å². The summed E-state index contributed by atoms with van der Waals surface area (Å²) in [7, 11) is 0. The number of carboxylic acid groups (broad SMARTS) is 1. The molecule has 10 atom stereocenters. The summed E-state index contributed by atoms with van der Waals surface area (Å²) < 4.78 is 0. The minimum atomic E-state index is -1.74. The lowest BCUT2D eigenvalue weighted by Gasteiger charge is -2.30. The van der Waals surface area contributed by atoms with E-state index in [1.165, 1.54) is 30.6 Å². The van der Waals surface area contributed by atoms with E-state index in [2.05, 4.69) is 42.2 Å². The van der Waals surface area contributed by atoms with Crippen LogP contribution in [0, 0.1) is 0 Å². The van der Waals surface area contributed by atoms with Gasteiger partial charge in [-0.1, -0.05) is 48.5 Å². The van der Waals surface area contributed by atoms with Gasteiger partial charge in [0.25, 0.3) is 0 Å². The number of fused-ring (bicyclic) bond motifs is 1. The summed E-state index contributed by atoms with van der Waals surface area (Å²) in [4.78, 5) is 151. The first kappa shape index (κ1) is 57.0. The van der Waals surface area contributed by atoms with Crippen LogP contribution in [0.5, 0.6) is 0 Å². The van der Waals surface area contributed by atoms with E-state index < -0.39 is 133 Å². The molecule has 400 valence electrons. The second-order valence-corrected chi connectivity index (χ2v) is 18.4. The van der Waals surface area contributed by atoms with Gasteiger partial charge in [0.05, 0.1) is 19.1 Å². The molecule has 2 saturated heterocycles. The molecule has 0 unspecified atom stereocenters. The highest BCUT2D eigenvalue weighted by atomic mass is 16.4. The fourth-order valence-corrected chi connectivity index (χ4v) is 8.83. The molecule has 74 heavy (non-hydrogen) atoms. The molecule has 13 N–H and O–H groups in total. The lowest BCUT2D eigenvalue weighted by molar-refractivity contribution is -0.144. The van der Waals surface area contributed by atoms with Gasteiger partial charge in [-0.3, -0.25) is 52.7 Å². The molecule has 0 aliphatic carbocycles. The number of nitrogens with zero attached hydrogens (tertiary/aromatic N) is 2. The van der Waals surface area contributed by atoms with Crippen molar-refractivity contribution in [3.05, 3.63) is 71.9 Å². The van der Waals surface area contributed by atoms with E-state index in [0.717, 1.165) is 17.8 Å². The molecular formula is C49H65N11O14. The van der Waals surface area contributed by atoms with Gasteiger partial charge < -0.3 is 73.1 Å². The molecule has 0 spiro atoms. The van der Waals surface area contributed by atoms with Crippen LogP contribution < -0.4 is 43.0 Å². The summed E-state index contributed by atoms with van der Waals surface area (Å²) in [5, 5.41) is 48.0. The first-order valence-electron chi connectivity index (χ1n) is 24.2. The van der Waals surface area contributed by atoms with Gasteiger partial charge in [0.2, 0.25) is 59.1 Å². The molecule has 2 aromatic carbocycles. The van der Waals surface area contributed by atoms with Crippen molar-refractivity contribution in [2.45, 2.75) is 133 Å². The van der Waals surface area contributed by atoms with Gasteiger partial charge in [0.15, 0.2) is 0 Å². The van der Waals surface area contributed by atoms with Crippen molar-refractivity contribution in [3.63, 3.8) is 0 Å². The summed E-state index contributed by atoms with van der Waals surface area (Å²) >= 11 is 0. The molecular weight excluding hydrogens is 967 g/mol. The van der Waals surface area contributed by atoms with Gasteiger partial charge in [-0.2, -0.15) is 0 Å². The lowest BCUT2D eigenvalue weighted by Crippen LogP contribution is -2.61. The number of H-pyrrole nitrogens is 1. The Kier molecular flexibility index (Phi) is 20.1. The molecule has 0 radical (unpaired) electrons. The minimum Gasteiger partial charge on any atom is -0.481 e. The summed E-state index contributed by atoms with van der Waals surface area (Å²) in [6, 6.07) is 3.18. The van der Waals surface area contributed by atoms with E-state index >= 15 is 0 Å². The average molecular weight is 1030 g/mol. The van der Waals surface area contributed by atoms with Crippen molar-refractivity contribution in [2.75, 3.05) is 19.7 Å². The second kappa shape index (κ2) is 26.1. The Morgan fingerprint density at radius 2 is 1.19 bits per heavy atom. The number of carbonyl (C=O) groups excluding carboxylic acids is 10. The number of hydrogen-bond acceptors (Lipinski definition) is 13. The number of amides is 10. The second-order valence-electron chi connectivity index (χ2n) is 18.4. The Morgan fingerprint density at radius 1 is 0.649 bits per heavy atom. The molecule has 2 aliphatic heterocycles. The molecule has 25 nitrogen and oxygen atoms in total. The number of carbonyl (C=O) groups is 11. The number of hydrogen-bond donors (Lipinski definition) is 12. The van der Waals surface area contributed by atoms with Crippen molar-refractivity contribution in [1.29, 1.82) is 0 Å². The zero-order valence-electron chi connectivity index (χ0n) is 41.4. The first-order chi connectivity index (χ1) is 35.1. The number of primary amides is 1. The van der Waals surface area contributed by atoms with Crippen molar-refractivity contribution in [1.82, 2.24) is 52.0 Å². The predicted octanol–water partition coefficient (Wildman–Crippen LogP) is -3.28. The van der Waals surface area contributed by atoms with E-state index in [-0.39, 0.29) is 31.7 Å². The molecule has 3 heterocycles. The summed E-state index contributed by atoms with van der Waals surface area (Å²) in [6.45, 7) is 4.59. The molecule has 3 aromatic rings. The number of benzene rings is 2. The van der Waals surface area contributed by atoms with Gasteiger partial charge in [-0.15, -0.1) is 0 Å². The van der Waals surface area contributed by atoms with Crippen LogP contribution in [0.3, 0.4) is 0 Å². The summed E-state index contributed by atoms with van der Waals surface area (Å²) in [6.07, 6.45) is 0.442. The van der Waals surface area contributed by atoms with Crippen LogP contribution in [0.2, 0.25) is 0 Å². The highest BCUT2D eigenvalue weighted by molar-refractivity contribution is 5.99. The molecule has 2 fully saturated rings. The number of nitrogens with two attached hydrogens (primary N) is 1. The Morgan fingerprint density at radius 3 is 1.78 bits per heavy atom. The number of aromatic amines is 1. The average Bonchev–Trinajstić information content (AvgIpc) is 4.15. The number of aliphatic hydroxyl groups excluding tert-OH is 2. The minimum absolute atomic E-state index is 0.0372. The number of nitrogens with one attached hydrogen (secondary N) is 8. The molecule has 0 saturated carbocycles. The number of carboxylic acids is 1. The fourth-order valence-electron chi connectivity index (χ4n) is 8.83. The summed E-state index contributed by atoms with van der Waals surface area (Å²) in [5.41, 5.74) is 7.45. The largest absolute Gasteiger partial charge is 0.481 e. The third-order valence-corrected chi connectivity index (χ3v) is 12.8. The number of aliphatic carboxylic acids is 1. The molecule has 5 rings (SSSR count). The topological polar surface area (TPSA) is 381 Å².